The van der Waals surface area contributed by atoms with E-state index in [0.29, 0.717) is 19.0 Å². The Balaban J connectivity index is 1.13. The second-order valence-electron chi connectivity index (χ2n) is 7.06. The first-order chi connectivity index (χ1) is 15.3. The highest BCUT2D eigenvalue weighted by Crippen LogP contribution is 2.22. The number of H-pyrrole nitrogens is 1. The number of aryl methyl sites for hydroxylation is 2. The van der Waals surface area contributed by atoms with Gasteiger partial charge in [-0.1, -0.05) is 23.4 Å². The SMILES string of the molecule is c1ccc2oc(COc3ccc(-c4nnn(CCCCc5nn[nH]n5)n4)cc3)cc2c1. The molecule has 0 aliphatic heterocycles. The van der Waals surface area contributed by atoms with Crippen molar-refractivity contribution in [1.29, 1.82) is 0 Å². The Morgan fingerprint density at radius 2 is 1.90 bits per heavy atom. The second-order valence-corrected chi connectivity index (χ2v) is 7.06. The summed E-state index contributed by atoms with van der Waals surface area (Å²) in [6, 6.07) is 17.5. The third-order valence-corrected chi connectivity index (χ3v) is 4.82. The molecule has 0 amide bonds. The summed E-state index contributed by atoms with van der Waals surface area (Å²) in [5.41, 5.74) is 1.74. The number of nitrogens with zero attached hydrogens (tertiary/aromatic N) is 7. The molecule has 0 aliphatic rings. The maximum absolute atomic E-state index is 5.84. The number of hydrogen-bond donors (Lipinski definition) is 1. The van der Waals surface area contributed by atoms with Crippen LogP contribution in [0, 0.1) is 0 Å². The topological polar surface area (TPSA) is 120 Å². The number of rotatable bonds is 9. The first-order valence-electron chi connectivity index (χ1n) is 10.0. The molecular weight excluding hydrogens is 396 g/mol. The van der Waals surface area contributed by atoms with Gasteiger partial charge in [-0.25, -0.2) is 0 Å². The molecule has 10 heteroatoms. The first kappa shape index (κ1) is 18.9. The Bertz CT molecular complexity index is 1210. The smallest absolute Gasteiger partial charge is 0.204 e. The number of hydrogen-bond acceptors (Lipinski definition) is 8. The minimum atomic E-state index is 0.367. The molecule has 1 N–H and O–H groups in total. The van der Waals surface area contributed by atoms with E-state index in [2.05, 4.69) is 36.0 Å². The van der Waals surface area contributed by atoms with Crippen molar-refractivity contribution in [3.05, 3.63) is 66.2 Å². The fraction of sp³-hybridized carbons (Fsp3) is 0.238. The van der Waals surface area contributed by atoms with Gasteiger partial charge in [0, 0.05) is 17.4 Å². The number of aromatic nitrogens is 8. The molecule has 3 heterocycles. The third-order valence-electron chi connectivity index (χ3n) is 4.82. The molecule has 3 aromatic heterocycles. The average Bonchev–Trinajstić information content (AvgIpc) is 3.56. The zero-order chi connectivity index (χ0) is 20.9. The Morgan fingerprint density at radius 1 is 1.00 bits per heavy atom. The molecule has 0 spiro atoms. The number of unbranched alkanes of at least 4 members (excludes halogenated alkanes) is 1. The molecule has 0 fully saturated rings. The monoisotopic (exact) mass is 416 g/mol. The van der Waals surface area contributed by atoms with E-state index in [1.807, 2.05) is 54.6 Å². The van der Waals surface area contributed by atoms with Crippen LogP contribution in [0.1, 0.15) is 24.4 Å². The van der Waals surface area contributed by atoms with Crippen molar-refractivity contribution in [3.8, 4) is 17.1 Å². The minimum Gasteiger partial charge on any atom is -0.486 e. The summed E-state index contributed by atoms with van der Waals surface area (Å²) in [5, 5.41) is 27.7. The molecule has 5 rings (SSSR count). The van der Waals surface area contributed by atoms with Gasteiger partial charge in [0.2, 0.25) is 5.82 Å². The summed E-state index contributed by atoms with van der Waals surface area (Å²) in [5.74, 6) is 2.84. The molecular formula is C21H20N8O2. The highest BCUT2D eigenvalue weighted by molar-refractivity contribution is 5.77. The van der Waals surface area contributed by atoms with Crippen LogP contribution in [0.4, 0.5) is 0 Å². The van der Waals surface area contributed by atoms with Crippen LogP contribution in [0.25, 0.3) is 22.4 Å². The first-order valence-corrected chi connectivity index (χ1v) is 10.0. The molecule has 156 valence electrons. The summed E-state index contributed by atoms with van der Waals surface area (Å²) >= 11 is 0. The van der Waals surface area contributed by atoms with Gasteiger partial charge in [0.1, 0.15) is 23.7 Å². The summed E-state index contributed by atoms with van der Waals surface area (Å²) in [4.78, 5) is 1.61. The van der Waals surface area contributed by atoms with Gasteiger partial charge < -0.3 is 9.15 Å². The second kappa shape index (κ2) is 8.74. The number of ether oxygens (including phenoxy) is 1. The lowest BCUT2D eigenvalue weighted by atomic mass is 10.2. The molecule has 0 unspecified atom stereocenters. The van der Waals surface area contributed by atoms with E-state index in [0.717, 1.165) is 53.1 Å². The number of aromatic amines is 1. The molecule has 0 atom stereocenters. The molecule has 0 bridgehead atoms. The standard InChI is InChI=1S/C21H20N8O2/c1-2-6-19-16(5-1)13-18(31-19)14-30-17-10-8-15(9-11-17)21-24-28-29(25-21)12-4-3-7-20-22-26-27-23-20/h1-2,5-6,8-11,13H,3-4,7,12,14H2,(H,22,23,26,27). The highest BCUT2D eigenvalue weighted by Gasteiger charge is 2.08. The molecule has 5 aromatic rings. The van der Waals surface area contributed by atoms with Crippen LogP contribution < -0.4 is 4.74 Å². The van der Waals surface area contributed by atoms with Crippen molar-refractivity contribution in [1.82, 2.24) is 40.8 Å². The molecule has 10 nitrogen and oxygen atoms in total. The Morgan fingerprint density at radius 3 is 2.74 bits per heavy atom. The Kier molecular flexibility index (Phi) is 5.33. The lowest BCUT2D eigenvalue weighted by molar-refractivity contribution is 0.274. The molecule has 0 saturated carbocycles. The molecule has 0 radical (unpaired) electrons. The summed E-state index contributed by atoms with van der Waals surface area (Å²) in [7, 11) is 0. The predicted octanol–water partition coefficient (Wildman–Crippen LogP) is 3.20. The van der Waals surface area contributed by atoms with Crippen molar-refractivity contribution < 1.29 is 9.15 Å². The highest BCUT2D eigenvalue weighted by atomic mass is 16.5. The van der Waals surface area contributed by atoms with Crippen molar-refractivity contribution in [3.63, 3.8) is 0 Å². The number of furan rings is 1. The van der Waals surface area contributed by atoms with Gasteiger partial charge in [0.05, 0.1) is 6.54 Å². The van der Waals surface area contributed by atoms with E-state index in [1.165, 1.54) is 0 Å². The van der Waals surface area contributed by atoms with Crippen LogP contribution >= 0.6 is 0 Å². The predicted molar refractivity (Wildman–Crippen MR) is 111 cm³/mol. The lowest BCUT2D eigenvalue weighted by Crippen LogP contribution is -2.03. The number of fused-ring (bicyclic) bond motifs is 1. The summed E-state index contributed by atoms with van der Waals surface area (Å²) in [6.45, 7) is 1.05. The fourth-order valence-corrected chi connectivity index (χ4v) is 3.24. The largest absolute Gasteiger partial charge is 0.486 e. The van der Waals surface area contributed by atoms with Crippen LogP contribution in [0.15, 0.2) is 59.0 Å². The zero-order valence-corrected chi connectivity index (χ0v) is 16.7. The van der Waals surface area contributed by atoms with Crippen LogP contribution in [-0.2, 0) is 19.6 Å². The van der Waals surface area contributed by atoms with Crippen LogP contribution in [0.2, 0.25) is 0 Å². The minimum absolute atomic E-state index is 0.367. The van der Waals surface area contributed by atoms with Gasteiger partial charge in [0.15, 0.2) is 5.82 Å². The van der Waals surface area contributed by atoms with E-state index in [9.17, 15) is 0 Å². The zero-order valence-electron chi connectivity index (χ0n) is 16.7. The molecule has 2 aromatic carbocycles. The summed E-state index contributed by atoms with van der Waals surface area (Å²) in [6.07, 6.45) is 2.60. The van der Waals surface area contributed by atoms with Gasteiger partial charge in [-0.3, -0.25) is 0 Å². The van der Waals surface area contributed by atoms with Crippen molar-refractivity contribution >= 4 is 11.0 Å². The number of benzene rings is 2. The summed E-state index contributed by atoms with van der Waals surface area (Å²) < 4.78 is 11.6. The maximum Gasteiger partial charge on any atom is 0.204 e. The van der Waals surface area contributed by atoms with Crippen molar-refractivity contribution in [2.24, 2.45) is 0 Å². The van der Waals surface area contributed by atoms with Crippen LogP contribution in [0.5, 0.6) is 5.75 Å². The van der Waals surface area contributed by atoms with E-state index in [-0.39, 0.29) is 0 Å². The number of tetrazole rings is 2. The fourth-order valence-electron chi connectivity index (χ4n) is 3.24. The average molecular weight is 416 g/mol. The van der Waals surface area contributed by atoms with E-state index < -0.39 is 0 Å². The molecule has 0 aliphatic carbocycles. The van der Waals surface area contributed by atoms with Gasteiger partial charge in [-0.05, 0) is 54.5 Å². The van der Waals surface area contributed by atoms with Gasteiger partial charge in [-0.15, -0.1) is 20.4 Å². The normalized spacial score (nSPS) is 11.2. The van der Waals surface area contributed by atoms with Gasteiger partial charge >= 0.3 is 0 Å². The van der Waals surface area contributed by atoms with Crippen LogP contribution in [-0.4, -0.2) is 40.8 Å². The van der Waals surface area contributed by atoms with Crippen molar-refractivity contribution in [2.75, 3.05) is 0 Å². The Hall–Kier alpha value is -4.08. The van der Waals surface area contributed by atoms with E-state index in [1.54, 1.807) is 4.80 Å². The Labute approximate surface area is 177 Å². The van der Waals surface area contributed by atoms with Crippen molar-refractivity contribution in [2.45, 2.75) is 32.4 Å². The number of nitrogens with one attached hydrogen (secondary N) is 1. The maximum atomic E-state index is 5.84. The quantitative estimate of drug-likeness (QED) is 0.364. The van der Waals surface area contributed by atoms with E-state index >= 15 is 0 Å². The number of para-hydroxylation sites is 1. The van der Waals surface area contributed by atoms with Gasteiger partial charge in [-0.2, -0.15) is 10.0 Å². The molecule has 0 saturated heterocycles. The van der Waals surface area contributed by atoms with Crippen LogP contribution in [0.3, 0.4) is 0 Å². The molecule has 31 heavy (non-hydrogen) atoms. The lowest BCUT2D eigenvalue weighted by Gasteiger charge is -2.04. The van der Waals surface area contributed by atoms with E-state index in [4.69, 9.17) is 9.15 Å². The van der Waals surface area contributed by atoms with Gasteiger partial charge in [0.25, 0.3) is 0 Å². The third kappa shape index (κ3) is 4.58.